The molecule has 0 saturated carbocycles. The molecule has 4 rings (SSSR count). The van der Waals surface area contributed by atoms with E-state index in [4.69, 9.17) is 26.1 Å². The zero-order chi connectivity index (χ0) is 18.8. The highest BCUT2D eigenvalue weighted by Gasteiger charge is 2.26. The minimum Gasteiger partial charge on any atom is -0.494 e. The molecule has 1 aromatic carbocycles. The standard InChI is InChI=1S/C19H16ClN3O3S/c1-12-8-14(20)9-16-17(12)22-19(27-16)23(10-13-2-4-21-5-3-13)18(24)15-11-25-6-7-26-15/h2-5,8-9,11H,6-7,10H2,1H3. The Labute approximate surface area is 165 Å². The summed E-state index contributed by atoms with van der Waals surface area (Å²) >= 11 is 7.59. The maximum absolute atomic E-state index is 13.1. The third-order valence-corrected chi connectivity index (χ3v) is 5.31. The fourth-order valence-electron chi connectivity index (χ4n) is 2.77. The van der Waals surface area contributed by atoms with Crippen molar-refractivity contribution in [3.8, 4) is 0 Å². The third kappa shape index (κ3) is 3.74. The van der Waals surface area contributed by atoms with Gasteiger partial charge in [0.1, 0.15) is 19.5 Å². The number of hydrogen-bond acceptors (Lipinski definition) is 6. The zero-order valence-corrected chi connectivity index (χ0v) is 16.1. The van der Waals surface area contributed by atoms with Crippen molar-refractivity contribution in [2.75, 3.05) is 18.1 Å². The van der Waals surface area contributed by atoms with Crippen molar-refractivity contribution in [1.29, 1.82) is 0 Å². The minimum atomic E-state index is -0.297. The van der Waals surface area contributed by atoms with Crippen LogP contribution in [0.2, 0.25) is 5.02 Å². The van der Waals surface area contributed by atoms with Gasteiger partial charge in [-0.1, -0.05) is 22.9 Å². The van der Waals surface area contributed by atoms with Crippen LogP contribution >= 0.6 is 22.9 Å². The number of hydrogen-bond donors (Lipinski definition) is 0. The lowest BCUT2D eigenvalue weighted by Crippen LogP contribution is -2.33. The van der Waals surface area contributed by atoms with Crippen molar-refractivity contribution in [2.45, 2.75) is 13.5 Å². The molecule has 6 nitrogen and oxygen atoms in total. The van der Waals surface area contributed by atoms with Gasteiger partial charge in [0.2, 0.25) is 5.76 Å². The van der Waals surface area contributed by atoms with Gasteiger partial charge in [-0.15, -0.1) is 0 Å². The molecular weight excluding hydrogens is 386 g/mol. The molecule has 0 N–H and O–H groups in total. The molecule has 0 radical (unpaired) electrons. The molecule has 138 valence electrons. The smallest absolute Gasteiger partial charge is 0.298 e. The molecule has 3 aromatic rings. The van der Waals surface area contributed by atoms with Gasteiger partial charge in [-0.25, -0.2) is 4.98 Å². The first-order valence-electron chi connectivity index (χ1n) is 8.34. The van der Waals surface area contributed by atoms with E-state index in [-0.39, 0.29) is 11.7 Å². The predicted octanol–water partition coefficient (Wildman–Crippen LogP) is 4.07. The Hall–Kier alpha value is -2.64. The van der Waals surface area contributed by atoms with Gasteiger partial charge in [-0.05, 0) is 42.3 Å². The van der Waals surface area contributed by atoms with Crippen LogP contribution in [-0.2, 0) is 20.8 Å². The summed E-state index contributed by atoms with van der Waals surface area (Å²) in [5.41, 5.74) is 2.74. The Morgan fingerprint density at radius 3 is 2.85 bits per heavy atom. The van der Waals surface area contributed by atoms with Crippen LogP contribution in [0.15, 0.2) is 48.7 Å². The van der Waals surface area contributed by atoms with Crippen LogP contribution < -0.4 is 4.90 Å². The second-order valence-corrected chi connectivity index (χ2v) is 7.46. The molecule has 0 spiro atoms. The third-order valence-electron chi connectivity index (χ3n) is 4.06. The number of aryl methyl sites for hydroxylation is 1. The van der Waals surface area contributed by atoms with Gasteiger partial charge in [0, 0.05) is 17.4 Å². The Bertz CT molecular complexity index is 1020. The maximum atomic E-state index is 13.1. The van der Waals surface area contributed by atoms with Gasteiger partial charge < -0.3 is 9.47 Å². The van der Waals surface area contributed by atoms with Crippen LogP contribution in [0.5, 0.6) is 0 Å². The lowest BCUT2D eigenvalue weighted by Gasteiger charge is -2.23. The molecule has 0 unspecified atom stereocenters. The van der Waals surface area contributed by atoms with Gasteiger partial charge in [0.25, 0.3) is 5.91 Å². The Morgan fingerprint density at radius 2 is 2.11 bits per heavy atom. The van der Waals surface area contributed by atoms with Crippen molar-refractivity contribution in [3.63, 3.8) is 0 Å². The van der Waals surface area contributed by atoms with Crippen molar-refractivity contribution in [1.82, 2.24) is 9.97 Å². The Kier molecular flexibility index (Phi) is 4.96. The van der Waals surface area contributed by atoms with Crippen LogP contribution in [0.4, 0.5) is 5.13 Å². The number of carbonyl (C=O) groups is 1. The number of benzene rings is 1. The highest BCUT2D eigenvalue weighted by atomic mass is 35.5. The quantitative estimate of drug-likeness (QED) is 0.659. The molecule has 0 aliphatic carbocycles. The second-order valence-electron chi connectivity index (χ2n) is 6.01. The number of halogens is 1. The van der Waals surface area contributed by atoms with Crippen molar-refractivity contribution >= 4 is 44.2 Å². The van der Waals surface area contributed by atoms with Gasteiger partial charge in [-0.3, -0.25) is 14.7 Å². The molecular formula is C19H16ClN3O3S. The lowest BCUT2D eigenvalue weighted by molar-refractivity contribution is -0.119. The van der Waals surface area contributed by atoms with Gasteiger partial charge in [0.15, 0.2) is 5.13 Å². The molecule has 8 heteroatoms. The molecule has 0 atom stereocenters. The van der Waals surface area contributed by atoms with Gasteiger partial charge in [-0.2, -0.15) is 0 Å². The van der Waals surface area contributed by atoms with Crippen molar-refractivity contribution < 1.29 is 14.3 Å². The second kappa shape index (κ2) is 7.54. The average molecular weight is 402 g/mol. The monoisotopic (exact) mass is 401 g/mol. The first-order chi connectivity index (χ1) is 13.1. The highest BCUT2D eigenvalue weighted by molar-refractivity contribution is 7.22. The summed E-state index contributed by atoms with van der Waals surface area (Å²) < 4.78 is 11.7. The van der Waals surface area contributed by atoms with E-state index in [1.165, 1.54) is 17.6 Å². The molecule has 1 aliphatic rings. The number of aromatic nitrogens is 2. The normalized spacial score (nSPS) is 13.6. The van der Waals surface area contributed by atoms with Crippen LogP contribution in [-0.4, -0.2) is 29.1 Å². The Morgan fingerprint density at radius 1 is 1.30 bits per heavy atom. The number of ether oxygens (including phenoxy) is 2. The summed E-state index contributed by atoms with van der Waals surface area (Å²) in [6, 6.07) is 7.45. The van der Waals surface area contributed by atoms with E-state index in [2.05, 4.69) is 4.98 Å². The summed E-state index contributed by atoms with van der Waals surface area (Å²) in [4.78, 5) is 23.4. The molecule has 0 bridgehead atoms. The number of rotatable bonds is 4. The minimum absolute atomic E-state index is 0.171. The van der Waals surface area contributed by atoms with Crippen LogP contribution in [0, 0.1) is 6.92 Å². The van der Waals surface area contributed by atoms with E-state index in [1.807, 2.05) is 31.2 Å². The van der Waals surface area contributed by atoms with E-state index >= 15 is 0 Å². The molecule has 1 amide bonds. The summed E-state index contributed by atoms with van der Waals surface area (Å²) in [6.45, 7) is 3.07. The number of pyridine rings is 1. The molecule has 1 aliphatic heterocycles. The fourth-order valence-corrected chi connectivity index (χ4v) is 4.19. The number of carbonyl (C=O) groups excluding carboxylic acids is 1. The largest absolute Gasteiger partial charge is 0.494 e. The van der Waals surface area contributed by atoms with Crippen molar-refractivity contribution in [2.24, 2.45) is 0 Å². The number of thiazole rings is 1. The van der Waals surface area contributed by atoms with E-state index < -0.39 is 0 Å². The van der Waals surface area contributed by atoms with E-state index in [1.54, 1.807) is 17.3 Å². The zero-order valence-electron chi connectivity index (χ0n) is 14.5. The van der Waals surface area contributed by atoms with Gasteiger partial charge in [0.05, 0.1) is 16.8 Å². The van der Waals surface area contributed by atoms with Crippen molar-refractivity contribution in [3.05, 3.63) is 64.8 Å². The fraction of sp³-hybridized carbons (Fsp3) is 0.211. The maximum Gasteiger partial charge on any atom is 0.298 e. The number of anilines is 1. The topological polar surface area (TPSA) is 64.6 Å². The average Bonchev–Trinajstić information content (AvgIpc) is 3.11. The van der Waals surface area contributed by atoms with E-state index in [0.29, 0.717) is 29.9 Å². The first-order valence-corrected chi connectivity index (χ1v) is 9.53. The van der Waals surface area contributed by atoms with E-state index in [9.17, 15) is 4.79 Å². The van der Waals surface area contributed by atoms with Crippen LogP contribution in [0.3, 0.4) is 0 Å². The highest BCUT2D eigenvalue weighted by Crippen LogP contribution is 2.34. The number of amides is 1. The van der Waals surface area contributed by atoms with E-state index in [0.717, 1.165) is 21.3 Å². The molecule has 2 aromatic heterocycles. The Balaban J connectivity index is 1.76. The molecule has 27 heavy (non-hydrogen) atoms. The predicted molar refractivity (Wildman–Crippen MR) is 105 cm³/mol. The molecule has 0 fully saturated rings. The number of nitrogens with zero attached hydrogens (tertiary/aromatic N) is 3. The SMILES string of the molecule is Cc1cc(Cl)cc2sc(N(Cc3ccncc3)C(=O)C3=COCCO3)nc12. The summed E-state index contributed by atoms with van der Waals surface area (Å²) in [5, 5.41) is 1.22. The van der Waals surface area contributed by atoms with Gasteiger partial charge >= 0.3 is 0 Å². The number of fused-ring (bicyclic) bond motifs is 1. The van der Waals surface area contributed by atoms with Crippen LogP contribution in [0.25, 0.3) is 10.2 Å². The lowest BCUT2D eigenvalue weighted by atomic mass is 10.2. The molecule has 3 heterocycles. The summed E-state index contributed by atoms with van der Waals surface area (Å²) in [7, 11) is 0. The summed E-state index contributed by atoms with van der Waals surface area (Å²) in [5.74, 6) is -0.126. The first kappa shape index (κ1) is 17.8. The summed E-state index contributed by atoms with van der Waals surface area (Å²) in [6.07, 6.45) is 4.75. The molecule has 0 saturated heterocycles. The van der Waals surface area contributed by atoms with Crippen LogP contribution in [0.1, 0.15) is 11.1 Å².